The molecule has 4 saturated heterocycles. The number of rotatable bonds is 6. The van der Waals surface area contributed by atoms with Gasteiger partial charge in [-0.2, -0.15) is 9.97 Å². The van der Waals surface area contributed by atoms with Crippen LogP contribution in [0.5, 0.6) is 6.01 Å². The highest BCUT2D eigenvalue weighted by Crippen LogP contribution is 2.44. The lowest BCUT2D eigenvalue weighted by Gasteiger charge is -2.42. The Balaban J connectivity index is 1.20. The fourth-order valence-corrected chi connectivity index (χ4v) is 9.55. The molecular weight excluding hydrogens is 755 g/mol. The van der Waals surface area contributed by atoms with Crippen LogP contribution in [0.1, 0.15) is 73.6 Å². The van der Waals surface area contributed by atoms with Crippen LogP contribution < -0.4 is 15.0 Å². The van der Waals surface area contributed by atoms with E-state index in [9.17, 15) is 14.0 Å². The lowest BCUT2D eigenvalue weighted by Crippen LogP contribution is -2.57. The van der Waals surface area contributed by atoms with Crippen molar-refractivity contribution in [2.75, 3.05) is 43.0 Å². The molecule has 8 rings (SSSR count). The average molecular weight is 800 g/mol. The number of piperazine rings is 1. The second kappa shape index (κ2) is 13.9. The summed E-state index contributed by atoms with van der Waals surface area (Å²) in [6.45, 7) is 12.3. The van der Waals surface area contributed by atoms with E-state index >= 15 is 13.2 Å². The van der Waals surface area contributed by atoms with E-state index in [0.717, 1.165) is 42.9 Å². The molecule has 4 aliphatic rings. The number of carbonyl (C=O) groups excluding carboxylic acids is 2. The number of alkyl halides is 1. The summed E-state index contributed by atoms with van der Waals surface area (Å²) in [5, 5.41) is 2.54. The molecule has 2 bridgehead atoms. The van der Waals surface area contributed by atoms with Gasteiger partial charge in [0, 0.05) is 37.0 Å². The number of ether oxygens (including phenoxy) is 3. The lowest BCUT2D eigenvalue weighted by molar-refractivity contribution is 0.0122. The number of amides is 2. The minimum atomic E-state index is -1.04. The van der Waals surface area contributed by atoms with Crippen LogP contribution in [0, 0.1) is 17.5 Å². The summed E-state index contributed by atoms with van der Waals surface area (Å²) in [5.74, 6) is -2.47. The molecule has 4 aliphatic heterocycles. The molecule has 0 spiro atoms. The van der Waals surface area contributed by atoms with Gasteiger partial charge in [0.25, 0.3) is 0 Å². The van der Waals surface area contributed by atoms with Crippen LogP contribution in [-0.4, -0.2) is 105 Å². The Morgan fingerprint density at radius 2 is 1.66 bits per heavy atom. The number of anilines is 2. The summed E-state index contributed by atoms with van der Waals surface area (Å²) in [6, 6.07) is 2.84. The van der Waals surface area contributed by atoms with E-state index in [4.69, 9.17) is 19.2 Å². The third-order valence-corrected chi connectivity index (χ3v) is 11.8. The van der Waals surface area contributed by atoms with Crippen molar-refractivity contribution >= 4 is 55.6 Å². The second-order valence-electron chi connectivity index (χ2n) is 17.2. The van der Waals surface area contributed by atoms with E-state index in [0.29, 0.717) is 38.9 Å². The maximum atomic E-state index is 17.1. The van der Waals surface area contributed by atoms with E-state index in [1.807, 2.05) is 25.7 Å². The van der Waals surface area contributed by atoms with Gasteiger partial charge in [-0.05, 0) is 92.0 Å². The van der Waals surface area contributed by atoms with Gasteiger partial charge in [0.2, 0.25) is 0 Å². The Kier molecular flexibility index (Phi) is 9.49. The van der Waals surface area contributed by atoms with Crippen molar-refractivity contribution in [3.05, 3.63) is 35.7 Å². The number of fused-ring (bicyclic) bond motifs is 5. The zero-order valence-electron chi connectivity index (χ0n) is 32.2. The Morgan fingerprint density at radius 3 is 2.36 bits per heavy atom. The van der Waals surface area contributed by atoms with Crippen molar-refractivity contribution in [3.8, 4) is 17.1 Å². The largest absolute Gasteiger partial charge is 0.461 e. The van der Waals surface area contributed by atoms with Gasteiger partial charge in [-0.15, -0.1) is 0 Å². The number of aromatic nitrogens is 3. The molecular formula is C39H45F4N7O5S. The Bertz CT molecular complexity index is 2210. The summed E-state index contributed by atoms with van der Waals surface area (Å²) in [5.41, 5.74) is -2.91. The number of nitrogens with one attached hydrogen (secondary N) is 1. The fraction of sp³-hybridized carbons (Fsp3) is 0.564. The normalized spacial score (nSPS) is 23.9. The number of thiazole rings is 1. The van der Waals surface area contributed by atoms with Crippen LogP contribution in [0.2, 0.25) is 0 Å². The van der Waals surface area contributed by atoms with Gasteiger partial charge in [0.1, 0.15) is 46.9 Å². The van der Waals surface area contributed by atoms with E-state index < -0.39 is 58.1 Å². The van der Waals surface area contributed by atoms with E-state index in [2.05, 4.69) is 20.2 Å². The number of benzene rings is 2. The van der Waals surface area contributed by atoms with Crippen molar-refractivity contribution in [1.29, 1.82) is 0 Å². The summed E-state index contributed by atoms with van der Waals surface area (Å²) in [4.78, 5) is 45.1. The Hall–Kier alpha value is -4.51. The molecule has 12 nitrogen and oxygen atoms in total. The van der Waals surface area contributed by atoms with Crippen LogP contribution in [0.3, 0.4) is 0 Å². The van der Waals surface area contributed by atoms with E-state index in [-0.39, 0.29) is 62.3 Å². The highest BCUT2D eigenvalue weighted by molar-refractivity contribution is 7.22. The molecule has 0 saturated carbocycles. The molecule has 4 atom stereocenters. The highest BCUT2D eigenvalue weighted by Gasteiger charge is 2.50. The molecule has 2 aromatic carbocycles. The van der Waals surface area contributed by atoms with Crippen molar-refractivity contribution < 1.29 is 41.4 Å². The van der Waals surface area contributed by atoms with Gasteiger partial charge in [-0.25, -0.2) is 32.1 Å². The van der Waals surface area contributed by atoms with Gasteiger partial charge in [-0.1, -0.05) is 11.3 Å². The molecule has 300 valence electrons. The third kappa shape index (κ3) is 7.16. The average Bonchev–Trinajstić information content (AvgIpc) is 3.83. The first kappa shape index (κ1) is 38.4. The molecule has 6 heterocycles. The number of halogens is 4. The zero-order valence-corrected chi connectivity index (χ0v) is 33.0. The number of carbonyl (C=O) groups is 2. The monoisotopic (exact) mass is 799 g/mol. The van der Waals surface area contributed by atoms with Crippen LogP contribution in [0.25, 0.3) is 32.2 Å². The standard InChI is InChI=1S/C39H45F4N7O5S/c1-37(2,3)54-35(51)47-34-45-30-23(10-11-25(41)31(30)56-34)27-26(42)14-24-29(28(27)43)44-33(53-19-39-12-7-13-49(39)16-20(40)15-39)46-32(24)48-17-21-8-9-22(18-48)50(21)36(52)55-38(4,5)6/h10-11,14,20-22H,7-9,12-13,15-19H2,1-6H3,(H,45,47,51)/t20-,21?,22?,39+/m1/s1. The van der Waals surface area contributed by atoms with Gasteiger partial charge in [-0.3, -0.25) is 15.1 Å². The van der Waals surface area contributed by atoms with Gasteiger partial charge in [0.05, 0.1) is 33.4 Å². The minimum absolute atomic E-state index is 0.0228. The van der Waals surface area contributed by atoms with Crippen molar-refractivity contribution in [1.82, 2.24) is 24.8 Å². The first-order chi connectivity index (χ1) is 26.4. The fourth-order valence-electron chi connectivity index (χ4n) is 8.67. The third-order valence-electron chi connectivity index (χ3n) is 10.8. The number of hydrogen-bond donors (Lipinski definition) is 1. The van der Waals surface area contributed by atoms with Crippen molar-refractivity contribution in [3.63, 3.8) is 0 Å². The van der Waals surface area contributed by atoms with Crippen LogP contribution in [-0.2, 0) is 9.47 Å². The Morgan fingerprint density at radius 1 is 0.946 bits per heavy atom. The molecule has 2 aromatic heterocycles. The summed E-state index contributed by atoms with van der Waals surface area (Å²) in [6.07, 6.45) is 1.10. The molecule has 2 amide bonds. The summed E-state index contributed by atoms with van der Waals surface area (Å²) in [7, 11) is 0. The van der Waals surface area contributed by atoms with Gasteiger partial charge >= 0.3 is 18.2 Å². The first-order valence-electron chi connectivity index (χ1n) is 19.0. The van der Waals surface area contributed by atoms with Gasteiger partial charge in [0.15, 0.2) is 10.9 Å². The molecule has 17 heteroatoms. The van der Waals surface area contributed by atoms with Crippen LogP contribution >= 0.6 is 11.3 Å². The zero-order chi connectivity index (χ0) is 39.9. The summed E-state index contributed by atoms with van der Waals surface area (Å²) >= 11 is 0.800. The van der Waals surface area contributed by atoms with Crippen LogP contribution in [0.4, 0.5) is 38.1 Å². The highest BCUT2D eigenvalue weighted by atomic mass is 32.1. The topological polar surface area (TPSA) is 122 Å². The molecule has 2 unspecified atom stereocenters. The van der Waals surface area contributed by atoms with E-state index in [1.54, 1.807) is 25.7 Å². The summed E-state index contributed by atoms with van der Waals surface area (Å²) < 4.78 is 80.7. The minimum Gasteiger partial charge on any atom is -0.461 e. The Labute approximate surface area is 325 Å². The smallest absolute Gasteiger partial charge is 0.413 e. The molecule has 0 radical (unpaired) electrons. The lowest BCUT2D eigenvalue weighted by atomic mass is 9.95. The first-order valence-corrected chi connectivity index (χ1v) is 19.8. The molecule has 56 heavy (non-hydrogen) atoms. The second-order valence-corrected chi connectivity index (χ2v) is 18.2. The SMILES string of the molecule is CC(C)(C)OC(=O)Nc1nc2c(-c3c(F)cc4c(N5CC6CCC(C5)N6C(=O)OC(C)(C)C)nc(OC[C@@]56CCCN5C[C@H](F)C6)nc4c3F)ccc(F)c2s1. The maximum Gasteiger partial charge on any atom is 0.413 e. The maximum absolute atomic E-state index is 17.1. The molecule has 1 N–H and O–H groups in total. The van der Waals surface area contributed by atoms with Crippen molar-refractivity contribution in [2.24, 2.45) is 0 Å². The number of hydrogen-bond acceptors (Lipinski definition) is 11. The van der Waals surface area contributed by atoms with E-state index in [1.165, 1.54) is 6.07 Å². The predicted molar refractivity (Wildman–Crippen MR) is 204 cm³/mol. The van der Waals surface area contributed by atoms with Gasteiger partial charge < -0.3 is 19.1 Å². The molecule has 4 fully saturated rings. The van der Waals surface area contributed by atoms with Crippen LogP contribution in [0.15, 0.2) is 18.2 Å². The predicted octanol–water partition coefficient (Wildman–Crippen LogP) is 8.21. The molecule has 0 aliphatic carbocycles. The quantitative estimate of drug-likeness (QED) is 0.191. The van der Waals surface area contributed by atoms with Crippen molar-refractivity contribution in [2.45, 2.75) is 109 Å². The molecule has 4 aromatic rings. The number of nitrogens with zero attached hydrogens (tertiary/aromatic N) is 6.